The van der Waals surface area contributed by atoms with E-state index in [2.05, 4.69) is 21.3 Å². The average molecular weight is 1800 g/mol. The normalized spacial score (nSPS) is 49.4. The van der Waals surface area contributed by atoms with Crippen LogP contribution in [-0.4, -0.2) is 539 Å². The summed E-state index contributed by atoms with van der Waals surface area (Å²) < 4.78 is 114. The molecule has 10 aliphatic heterocycles. The Labute approximate surface area is 695 Å². The highest BCUT2D eigenvalue weighted by Gasteiger charge is 2.62. The van der Waals surface area contributed by atoms with Crippen LogP contribution < -0.4 is 21.3 Å². The second-order valence-electron chi connectivity index (χ2n) is 31.1. The lowest BCUT2D eigenvalue weighted by Gasteiger charge is -2.52. The molecule has 0 bridgehead atoms. The Morgan fingerprint density at radius 2 is 0.447 bits per heavy atom. The quantitative estimate of drug-likeness (QED) is 0.0297. The molecule has 55 nitrogen and oxygen atoms in total. The summed E-state index contributed by atoms with van der Waals surface area (Å²) in [6.07, 6.45) is -101. The maximum absolute atomic E-state index is 13.3. The van der Waals surface area contributed by atoms with Crippen molar-refractivity contribution in [3.63, 3.8) is 0 Å². The molecule has 0 spiro atoms. The summed E-state index contributed by atoms with van der Waals surface area (Å²) in [6, 6.07) is -7.70. The van der Waals surface area contributed by atoms with E-state index in [1.807, 2.05) is 0 Å². The highest BCUT2D eigenvalue weighted by Crippen LogP contribution is 2.41. The summed E-state index contributed by atoms with van der Waals surface area (Å²) in [6.45, 7) is -7.65. The minimum atomic E-state index is -2.79. The summed E-state index contributed by atoms with van der Waals surface area (Å²) in [7, 11) is 0. The highest BCUT2D eigenvalue weighted by molar-refractivity contribution is 5.74. The molecule has 0 aliphatic carbocycles. The van der Waals surface area contributed by atoms with Gasteiger partial charge < -0.3 is 254 Å². The third kappa shape index (κ3) is 22.6. The van der Waals surface area contributed by atoms with E-state index < -0.39 is 397 Å². The first-order chi connectivity index (χ1) is 58.2. The van der Waals surface area contributed by atoms with Crippen molar-refractivity contribution in [2.45, 2.75) is 335 Å². The van der Waals surface area contributed by atoms with E-state index >= 15 is 0 Å². The third-order valence-electron chi connectivity index (χ3n) is 22.4. The lowest BCUT2D eigenvalue weighted by molar-refractivity contribution is -0.405. The molecule has 0 aromatic rings. The highest BCUT2D eigenvalue weighted by atomic mass is 16.8. The van der Waals surface area contributed by atoms with Gasteiger partial charge in [-0.2, -0.15) is 0 Å². The molecule has 0 aromatic carbocycles. The first-order valence-corrected chi connectivity index (χ1v) is 39.1. The molecule has 55 heteroatoms. The molecule has 32 N–H and O–H groups in total. The summed E-state index contributed by atoms with van der Waals surface area (Å²) in [5.74, 6) is -3.79. The Bertz CT molecular complexity index is 3310. The van der Waals surface area contributed by atoms with Gasteiger partial charge in [-0.15, -0.1) is 0 Å². The topological polar surface area (TPSA) is 858 Å². The summed E-state index contributed by atoms with van der Waals surface area (Å²) >= 11 is 0. The average Bonchev–Trinajstić information content (AvgIpc) is 0.757. The van der Waals surface area contributed by atoms with Gasteiger partial charge in [-0.3, -0.25) is 19.2 Å². The fraction of sp³-hybridized carbons (Fsp3) is 0.941. The molecule has 10 heterocycles. The summed E-state index contributed by atoms with van der Waals surface area (Å²) in [5.41, 5.74) is 0. The van der Waals surface area contributed by atoms with Crippen LogP contribution in [0.3, 0.4) is 0 Å². The fourth-order valence-electron chi connectivity index (χ4n) is 15.8. The summed E-state index contributed by atoms with van der Waals surface area (Å²) in [5, 5.41) is 323. The van der Waals surface area contributed by atoms with Crippen LogP contribution in [0.2, 0.25) is 0 Å². The van der Waals surface area contributed by atoms with E-state index in [-0.39, 0.29) is 0 Å². The molecule has 0 aromatic heterocycles. The van der Waals surface area contributed by atoms with Crippen LogP contribution in [0.4, 0.5) is 0 Å². The molecule has 10 rings (SSSR count). The van der Waals surface area contributed by atoms with E-state index in [1.54, 1.807) is 0 Å². The smallest absolute Gasteiger partial charge is 0.217 e. The number of carbonyl (C=O) groups is 4. The Balaban J connectivity index is 1.10. The second-order valence-corrected chi connectivity index (χ2v) is 31.1. The van der Waals surface area contributed by atoms with Gasteiger partial charge in [0.05, 0.1) is 66.1 Å². The number of nitrogens with one attached hydrogen (secondary N) is 4. The van der Waals surface area contributed by atoms with Gasteiger partial charge >= 0.3 is 0 Å². The van der Waals surface area contributed by atoms with E-state index in [0.29, 0.717) is 0 Å². The maximum Gasteiger partial charge on any atom is 0.217 e. The molecule has 10 saturated heterocycles. The molecule has 10 fully saturated rings. The fourth-order valence-corrected chi connectivity index (χ4v) is 15.8. The zero-order valence-corrected chi connectivity index (χ0v) is 65.9. The first kappa shape index (κ1) is 101. The van der Waals surface area contributed by atoms with Gasteiger partial charge in [0.2, 0.25) is 23.6 Å². The number of aliphatic hydroxyl groups is 28. The molecule has 712 valence electrons. The molecule has 0 radical (unpaired) electrons. The van der Waals surface area contributed by atoms with Crippen molar-refractivity contribution in [1.82, 2.24) is 21.3 Å². The zero-order chi connectivity index (χ0) is 90.5. The Kier molecular flexibility index (Phi) is 36.4. The van der Waals surface area contributed by atoms with Crippen LogP contribution >= 0.6 is 0 Å². The van der Waals surface area contributed by atoms with Crippen molar-refractivity contribution in [2.24, 2.45) is 0 Å². The molecule has 123 heavy (non-hydrogen) atoms. The van der Waals surface area contributed by atoms with Crippen LogP contribution in [0.5, 0.6) is 0 Å². The maximum atomic E-state index is 13.3. The molecule has 2 unspecified atom stereocenters. The van der Waals surface area contributed by atoms with Crippen LogP contribution in [0.25, 0.3) is 0 Å². The van der Waals surface area contributed by atoms with Crippen molar-refractivity contribution in [3.8, 4) is 0 Å². The number of rotatable bonds is 32. The molecule has 50 atom stereocenters. The summed E-state index contributed by atoms with van der Waals surface area (Å²) in [4.78, 5) is 51.4. The molecule has 10 aliphatic rings. The molecule has 0 saturated carbocycles. The van der Waals surface area contributed by atoms with Crippen LogP contribution in [-0.2, 0) is 109 Å². The Morgan fingerprint density at radius 1 is 0.211 bits per heavy atom. The number of aliphatic hydroxyl groups excluding tert-OH is 28. The Morgan fingerprint density at radius 3 is 0.846 bits per heavy atom. The number of ether oxygens (including phenoxy) is 19. The lowest BCUT2D eigenvalue weighted by Crippen LogP contribution is -2.71. The third-order valence-corrected chi connectivity index (χ3v) is 22.4. The van der Waals surface area contributed by atoms with Gasteiger partial charge in [0.25, 0.3) is 0 Å². The number of carbonyl (C=O) groups excluding carboxylic acids is 4. The van der Waals surface area contributed by atoms with E-state index in [4.69, 9.17) is 90.0 Å². The molecular weight excluding hydrogens is 1690 g/mol. The van der Waals surface area contributed by atoms with Crippen molar-refractivity contribution in [1.29, 1.82) is 0 Å². The minimum Gasteiger partial charge on any atom is -0.394 e. The number of hydrogen-bond acceptors (Lipinski definition) is 51. The van der Waals surface area contributed by atoms with Crippen molar-refractivity contribution in [3.05, 3.63) is 0 Å². The lowest BCUT2D eigenvalue weighted by atomic mass is 9.93. The number of amides is 4. The molecule has 4 amide bonds. The standard InChI is InChI=1S/C68H114N4O51/c1-15(80)69-29-42(93)53(24(10-78)108-59(29)104)118-62-32(72-18(4)83)43(94)54(25(11-79)114-62)119-68-52(103)58(123-67-51(102)57(121-61-31(71-17(3)82)41(92)34(85)20(6-74)110-61)39(90)27(116-67)13-106-64-48(99)45(96)36(87)22(8-76)112-64)55(120-60-30(70-16(2)81)40(91)33(84)19(5-73)109-60)28(117-68)14-107-65-50(101)56(122-66-49(100)46(97)37(88)23(9-77)113-66)38(89)26(115-65)12-105-63-47(98)44(95)35(86)21(7-75)111-63/h19-68,73-79,84-104H,5-14H2,1-4H3,(H,69,80)(H,70,81)(H,71,82)(H,72,83)/t19-,20-,21-,22-,23-,24-,25-,26-,27-,28-,29-,30-,31-,32-,33-,34-,35-,36-,37-,38-,39-,40-,41-,42-,43-,44+,45+,46+,47+,48+,49+,50+,51+,52+,53-,54-,55-,56+,57+,58-,59-,60?,61?,62+,63+,64+,65+,66-,67-,68+/m1/s1. The van der Waals surface area contributed by atoms with Crippen LogP contribution in [0, 0.1) is 0 Å². The van der Waals surface area contributed by atoms with Crippen LogP contribution in [0.1, 0.15) is 27.7 Å². The largest absolute Gasteiger partial charge is 0.394 e. The van der Waals surface area contributed by atoms with Crippen LogP contribution in [0.15, 0.2) is 0 Å². The predicted octanol–water partition coefficient (Wildman–Crippen LogP) is -22.2. The van der Waals surface area contributed by atoms with Gasteiger partial charge in [-0.05, 0) is 0 Å². The van der Waals surface area contributed by atoms with Gasteiger partial charge in [0.15, 0.2) is 62.9 Å². The zero-order valence-electron chi connectivity index (χ0n) is 65.9. The van der Waals surface area contributed by atoms with Crippen molar-refractivity contribution in [2.75, 3.05) is 66.1 Å². The SMILES string of the molecule is CC(=O)N[C@@H]1[C@@H](O)[C@H](O[C@@H]2O[C@H](CO)[C@@H](O[C@@H]3O[C@H](CO[C@H]4O[C@H](CO[C@H]5O[C@H](CO)[C@@H](O)[C@H](O)[C@@H]5O)[C@@H](O)[C@H](O[C@H]5O[C@H](CO)[C@@H](O)[C@H](O)[C@@H]5O)[C@@H]4O)[C@@H](OC4O[C@H](CO)[C@@H](O)[C@H](O)[C@H]4NC(C)=O)[C@H](O[C@H]4O[C@H](CO[C@H]5O[C@H](CO)[C@@H](O)[C@H](O)[C@@H]5O)[C@@H](O)[C@H](OC5O[C@H](CO)[C@@H](O)[C@H](O)[C@H]5NC(C)=O)[C@@H]4O)[C@@H]3O)[C@H](O)[C@H]2NC(C)=O)[C@@H](CO)O[C@H]1O. The van der Waals surface area contributed by atoms with Gasteiger partial charge in [-0.25, -0.2) is 0 Å². The van der Waals surface area contributed by atoms with Crippen molar-refractivity contribution >= 4 is 23.6 Å². The van der Waals surface area contributed by atoms with E-state index in [9.17, 15) is 162 Å². The van der Waals surface area contributed by atoms with Gasteiger partial charge in [0, 0.05) is 27.7 Å². The van der Waals surface area contributed by atoms with Crippen molar-refractivity contribution < 1.29 is 252 Å². The van der Waals surface area contributed by atoms with Gasteiger partial charge in [0.1, 0.15) is 244 Å². The number of hydrogen-bond donors (Lipinski definition) is 32. The van der Waals surface area contributed by atoms with E-state index in [0.717, 1.165) is 27.7 Å². The molecular formula is C68H114N4O51. The first-order valence-electron chi connectivity index (χ1n) is 39.1. The Hall–Kier alpha value is -4.00. The van der Waals surface area contributed by atoms with Gasteiger partial charge in [-0.1, -0.05) is 0 Å². The monoisotopic (exact) mass is 1800 g/mol. The van der Waals surface area contributed by atoms with E-state index in [1.165, 1.54) is 0 Å². The minimum absolute atomic E-state index is 0.826. The predicted molar refractivity (Wildman–Crippen MR) is 376 cm³/mol. The second kappa shape index (κ2) is 44.3.